The van der Waals surface area contributed by atoms with Crippen LogP contribution < -0.4 is 0 Å². The van der Waals surface area contributed by atoms with Crippen LogP contribution in [0.4, 0.5) is 0 Å². The first kappa shape index (κ1) is 9.92. The normalized spacial score (nSPS) is 15.3. The maximum Gasteiger partial charge on any atom is 0.189 e. The number of quaternary nitrogens is 1. The van der Waals surface area contributed by atoms with E-state index in [0.717, 1.165) is 17.6 Å². The van der Waals surface area contributed by atoms with Crippen molar-refractivity contribution in [2.24, 2.45) is 0 Å². The van der Waals surface area contributed by atoms with E-state index in [0.29, 0.717) is 6.23 Å². The van der Waals surface area contributed by atoms with Gasteiger partial charge < -0.3 is 9.22 Å². The minimum atomic E-state index is 0.315. The number of hydrogen-bond acceptors (Lipinski definition) is 1. The summed E-state index contributed by atoms with van der Waals surface area (Å²) in [6.07, 6.45) is 0.315. The van der Waals surface area contributed by atoms with Gasteiger partial charge in [0.25, 0.3) is 0 Å². The Morgan fingerprint density at radius 2 is 1.80 bits per heavy atom. The predicted octanol–water partition coefficient (Wildman–Crippen LogP) is 1.47. The molecule has 0 bridgehead atoms. The first-order chi connectivity index (χ1) is 4.54. The minimum Gasteiger partial charge on any atom is -0.330 e. The second-order valence-electron chi connectivity index (χ2n) is 3.15. The fourth-order valence-corrected chi connectivity index (χ4v) is 0.700. The summed E-state index contributed by atoms with van der Waals surface area (Å²) < 4.78 is 6.41. The Morgan fingerprint density at radius 3 is 2.10 bits per heavy atom. The van der Waals surface area contributed by atoms with Crippen molar-refractivity contribution in [1.82, 2.24) is 0 Å². The van der Waals surface area contributed by atoms with E-state index in [1.807, 2.05) is 6.92 Å². The Kier molecular flexibility index (Phi) is 3.91. The lowest BCUT2D eigenvalue weighted by molar-refractivity contribution is -0.933. The van der Waals surface area contributed by atoms with Gasteiger partial charge in [-0.1, -0.05) is 0 Å². The number of ether oxygens (including phenoxy) is 1. The van der Waals surface area contributed by atoms with Crippen molar-refractivity contribution in [3.8, 4) is 0 Å². The van der Waals surface area contributed by atoms with Crippen LogP contribution in [0.15, 0.2) is 0 Å². The molecule has 0 rings (SSSR count). The van der Waals surface area contributed by atoms with Crippen molar-refractivity contribution in [2.45, 2.75) is 27.0 Å². The molecule has 1 atom stereocenters. The van der Waals surface area contributed by atoms with Gasteiger partial charge in [-0.15, -0.1) is 0 Å². The van der Waals surface area contributed by atoms with E-state index in [1.54, 1.807) is 0 Å². The van der Waals surface area contributed by atoms with Gasteiger partial charge >= 0.3 is 0 Å². The van der Waals surface area contributed by atoms with E-state index in [2.05, 4.69) is 27.9 Å². The Balaban J connectivity index is 3.78. The third kappa shape index (κ3) is 2.67. The molecule has 0 N–H and O–H groups in total. The second-order valence-corrected chi connectivity index (χ2v) is 3.15. The van der Waals surface area contributed by atoms with Gasteiger partial charge in [0.1, 0.15) is 0 Å². The highest BCUT2D eigenvalue weighted by Gasteiger charge is 2.20. The van der Waals surface area contributed by atoms with E-state index in [9.17, 15) is 0 Å². The first-order valence-corrected chi connectivity index (χ1v) is 3.98. The summed E-state index contributed by atoms with van der Waals surface area (Å²) >= 11 is 0. The molecule has 0 heterocycles. The zero-order chi connectivity index (χ0) is 8.20. The highest BCUT2D eigenvalue weighted by molar-refractivity contribution is 4.31. The van der Waals surface area contributed by atoms with E-state index in [-0.39, 0.29) is 0 Å². The van der Waals surface area contributed by atoms with Crippen molar-refractivity contribution in [2.75, 3.05) is 27.2 Å². The number of nitrogens with zero attached hydrogens (tertiary/aromatic N) is 1. The molecular formula is C8H20NO+. The number of hydrogen-bond donors (Lipinski definition) is 0. The fraction of sp³-hybridized carbons (Fsp3) is 1.00. The van der Waals surface area contributed by atoms with Crippen molar-refractivity contribution in [3.05, 3.63) is 0 Å². The number of rotatable bonds is 4. The van der Waals surface area contributed by atoms with Gasteiger partial charge in [-0.25, -0.2) is 0 Å². The van der Waals surface area contributed by atoms with Crippen LogP contribution in [0.3, 0.4) is 0 Å². The van der Waals surface area contributed by atoms with Gasteiger partial charge in [-0.2, -0.15) is 0 Å². The summed E-state index contributed by atoms with van der Waals surface area (Å²) in [5, 5.41) is 0. The van der Waals surface area contributed by atoms with Crippen molar-refractivity contribution < 1.29 is 9.22 Å². The quantitative estimate of drug-likeness (QED) is 0.431. The Labute approximate surface area is 64.4 Å². The Bertz CT molecular complexity index is 91.3. The monoisotopic (exact) mass is 146 g/mol. The maximum atomic E-state index is 5.47. The molecule has 62 valence electrons. The summed E-state index contributed by atoms with van der Waals surface area (Å²) in [6.45, 7) is 8.25. The van der Waals surface area contributed by atoms with Gasteiger partial charge in [-0.05, 0) is 13.8 Å². The predicted molar refractivity (Wildman–Crippen MR) is 43.7 cm³/mol. The van der Waals surface area contributed by atoms with Gasteiger partial charge in [0, 0.05) is 6.92 Å². The maximum absolute atomic E-state index is 5.47. The van der Waals surface area contributed by atoms with Gasteiger partial charge in [0.15, 0.2) is 6.23 Å². The van der Waals surface area contributed by atoms with E-state index in [4.69, 9.17) is 4.74 Å². The molecule has 1 unspecified atom stereocenters. The zero-order valence-corrected chi connectivity index (χ0v) is 7.85. The molecule has 0 aromatic carbocycles. The van der Waals surface area contributed by atoms with Crippen LogP contribution in [-0.4, -0.2) is 38.0 Å². The van der Waals surface area contributed by atoms with Crippen LogP contribution in [0, 0.1) is 0 Å². The van der Waals surface area contributed by atoms with Crippen LogP contribution in [-0.2, 0) is 4.74 Å². The topological polar surface area (TPSA) is 9.23 Å². The second kappa shape index (κ2) is 3.94. The molecule has 0 aliphatic heterocycles. The molecule has 0 aromatic rings. The zero-order valence-electron chi connectivity index (χ0n) is 7.85. The van der Waals surface area contributed by atoms with Gasteiger partial charge in [0.05, 0.1) is 27.2 Å². The van der Waals surface area contributed by atoms with E-state index in [1.165, 1.54) is 0 Å². The molecule has 0 saturated carbocycles. The Hall–Kier alpha value is -0.0800. The van der Waals surface area contributed by atoms with Crippen LogP contribution in [0.1, 0.15) is 20.8 Å². The van der Waals surface area contributed by atoms with Crippen LogP contribution in [0.25, 0.3) is 0 Å². The summed E-state index contributed by atoms with van der Waals surface area (Å²) in [5.74, 6) is 0. The van der Waals surface area contributed by atoms with Gasteiger partial charge in [-0.3, -0.25) is 0 Å². The smallest absolute Gasteiger partial charge is 0.189 e. The van der Waals surface area contributed by atoms with Crippen LogP contribution in [0.5, 0.6) is 0 Å². The summed E-state index contributed by atoms with van der Waals surface area (Å²) in [5.41, 5.74) is 0. The molecule has 0 spiro atoms. The molecule has 10 heavy (non-hydrogen) atoms. The molecule has 0 aliphatic rings. The molecule has 0 aromatic heterocycles. The minimum absolute atomic E-state index is 0.315. The molecule has 0 saturated heterocycles. The molecule has 2 heteroatoms. The van der Waals surface area contributed by atoms with Crippen molar-refractivity contribution in [3.63, 3.8) is 0 Å². The Morgan fingerprint density at radius 1 is 1.30 bits per heavy atom. The third-order valence-corrected chi connectivity index (χ3v) is 2.21. The highest BCUT2D eigenvalue weighted by atomic mass is 16.5. The first-order valence-electron chi connectivity index (χ1n) is 3.98. The average molecular weight is 146 g/mol. The van der Waals surface area contributed by atoms with Crippen LogP contribution >= 0.6 is 0 Å². The fourth-order valence-electron chi connectivity index (χ4n) is 0.700. The highest BCUT2D eigenvalue weighted by Crippen LogP contribution is 2.06. The van der Waals surface area contributed by atoms with E-state index >= 15 is 0 Å². The van der Waals surface area contributed by atoms with Crippen molar-refractivity contribution >= 4 is 0 Å². The lowest BCUT2D eigenvalue weighted by Gasteiger charge is -2.34. The van der Waals surface area contributed by atoms with E-state index < -0.39 is 0 Å². The summed E-state index contributed by atoms with van der Waals surface area (Å²) in [7, 11) is 4.36. The van der Waals surface area contributed by atoms with Crippen LogP contribution in [0.2, 0.25) is 0 Å². The third-order valence-electron chi connectivity index (χ3n) is 2.21. The van der Waals surface area contributed by atoms with Gasteiger partial charge in [0.2, 0.25) is 0 Å². The summed E-state index contributed by atoms with van der Waals surface area (Å²) in [6, 6.07) is 0. The standard InChI is InChI=1S/C8H20NO/c1-6-9(4,5)8(3)10-7-2/h8H,6-7H2,1-5H3/q+1. The SMILES string of the molecule is CCOC(C)[N+](C)(C)CC. The lowest BCUT2D eigenvalue weighted by Crippen LogP contribution is -2.48. The molecule has 0 aliphatic carbocycles. The molecule has 0 amide bonds. The largest absolute Gasteiger partial charge is 0.330 e. The average Bonchev–Trinajstić information content (AvgIpc) is 1.89. The summed E-state index contributed by atoms with van der Waals surface area (Å²) in [4.78, 5) is 0. The molecule has 0 fully saturated rings. The molecule has 2 nitrogen and oxygen atoms in total. The van der Waals surface area contributed by atoms with Crippen molar-refractivity contribution in [1.29, 1.82) is 0 Å². The molecular weight excluding hydrogens is 126 g/mol. The lowest BCUT2D eigenvalue weighted by atomic mass is 10.4. The molecule has 0 radical (unpaired) electrons.